The summed E-state index contributed by atoms with van der Waals surface area (Å²) in [6.45, 7) is 6.57. The number of hydrogen-bond donors (Lipinski definition) is 6. The maximum atomic E-state index is 14.0. The van der Waals surface area contributed by atoms with Crippen LogP contribution in [0.25, 0.3) is 11.1 Å². The number of β-amino-alcohol motifs (C(OH)–C–C–N with tert-alkyl or cyclic N) is 1. The van der Waals surface area contributed by atoms with E-state index in [2.05, 4.69) is 21.3 Å². The van der Waals surface area contributed by atoms with Gasteiger partial charge in [0.15, 0.2) is 0 Å². The summed E-state index contributed by atoms with van der Waals surface area (Å²) >= 11 is 1.55. The Morgan fingerprint density at radius 2 is 1.73 bits per heavy atom. The number of benzene rings is 3. The van der Waals surface area contributed by atoms with Crippen molar-refractivity contribution in [1.29, 1.82) is 0 Å². The monoisotopic (exact) mass is 633 g/mol. The Labute approximate surface area is 269 Å². The fourth-order valence-electron chi connectivity index (χ4n) is 5.09. The number of rotatable bonds is 13. The largest absolute Gasteiger partial charge is 0.395 e. The molecule has 0 radical (unpaired) electrons. The number of amides is 4. The normalized spacial score (nSPS) is 15.5. The maximum Gasteiger partial charge on any atom is 0.315 e. The van der Waals surface area contributed by atoms with Crippen LogP contribution in [0.4, 0.5) is 10.5 Å². The van der Waals surface area contributed by atoms with Crippen LogP contribution in [-0.2, 0) is 22.7 Å². The standard InChI is InChI=1S/C34H43N5O5S/c1-23(41)19-37-34(2,3)18-31(42)38-28-22-45-30-11-7-6-10-29(30)39(32(28)43)21-24-12-14-25(15-13-24)27-9-5-4-8-26(27)20-36-33(44)35-16-17-40/h4-15,23,28,37,40-41H,16-22H2,1-3H3,(H,38,42)(H2,35,36,44)/t23-,28-/m1/s1. The molecule has 0 saturated heterocycles. The highest BCUT2D eigenvalue weighted by Crippen LogP contribution is 2.35. The first kappa shape index (κ1) is 34.0. The van der Waals surface area contributed by atoms with Crippen molar-refractivity contribution in [3.05, 3.63) is 83.9 Å². The number of nitrogens with zero attached hydrogens (tertiary/aromatic N) is 1. The van der Waals surface area contributed by atoms with E-state index in [1.54, 1.807) is 23.6 Å². The minimum atomic E-state index is -0.698. The molecule has 0 unspecified atom stereocenters. The summed E-state index contributed by atoms with van der Waals surface area (Å²) in [5, 5.41) is 30.1. The van der Waals surface area contributed by atoms with Crippen LogP contribution >= 0.6 is 11.8 Å². The third-order valence-electron chi connectivity index (χ3n) is 7.40. The van der Waals surface area contributed by atoms with Crippen molar-refractivity contribution in [2.75, 3.05) is 30.3 Å². The van der Waals surface area contributed by atoms with Gasteiger partial charge in [-0.25, -0.2) is 4.79 Å². The highest BCUT2D eigenvalue weighted by Gasteiger charge is 2.33. The third kappa shape index (κ3) is 9.79. The Balaban J connectivity index is 1.48. The second-order valence-electron chi connectivity index (χ2n) is 11.8. The van der Waals surface area contributed by atoms with Crippen LogP contribution < -0.4 is 26.2 Å². The van der Waals surface area contributed by atoms with Gasteiger partial charge in [0.1, 0.15) is 6.04 Å². The van der Waals surface area contributed by atoms with E-state index in [0.29, 0.717) is 25.4 Å². The number of aliphatic hydroxyl groups excluding tert-OH is 2. The van der Waals surface area contributed by atoms with Crippen LogP contribution in [0.15, 0.2) is 77.7 Å². The average molecular weight is 634 g/mol. The van der Waals surface area contributed by atoms with Gasteiger partial charge in [-0.15, -0.1) is 11.8 Å². The summed E-state index contributed by atoms with van der Waals surface area (Å²) in [6.07, 6.45) is -0.372. The number of carbonyl (C=O) groups is 3. The zero-order chi connectivity index (χ0) is 32.4. The number of fused-ring (bicyclic) bond motifs is 1. The number of urea groups is 1. The van der Waals surface area contributed by atoms with E-state index >= 15 is 0 Å². The molecule has 1 aliphatic rings. The first-order chi connectivity index (χ1) is 21.6. The lowest BCUT2D eigenvalue weighted by atomic mass is 9.98. The van der Waals surface area contributed by atoms with Crippen LogP contribution in [0, 0.1) is 0 Å². The third-order valence-corrected chi connectivity index (χ3v) is 8.56. The van der Waals surface area contributed by atoms with Gasteiger partial charge in [-0.1, -0.05) is 60.7 Å². The number of nitrogens with one attached hydrogen (secondary N) is 4. The second-order valence-corrected chi connectivity index (χ2v) is 12.9. The van der Waals surface area contributed by atoms with Gasteiger partial charge in [-0.05, 0) is 55.2 Å². The van der Waals surface area contributed by atoms with Crippen molar-refractivity contribution in [1.82, 2.24) is 21.3 Å². The minimum absolute atomic E-state index is 0.124. The molecule has 4 amide bonds. The van der Waals surface area contributed by atoms with E-state index < -0.39 is 17.7 Å². The van der Waals surface area contributed by atoms with Gasteiger partial charge in [-0.2, -0.15) is 0 Å². The second kappa shape index (κ2) is 15.9. The van der Waals surface area contributed by atoms with Gasteiger partial charge >= 0.3 is 6.03 Å². The summed E-state index contributed by atoms with van der Waals surface area (Å²) in [7, 11) is 0. The van der Waals surface area contributed by atoms with Gasteiger partial charge in [0.05, 0.1) is 24.9 Å². The Morgan fingerprint density at radius 3 is 2.47 bits per heavy atom. The molecule has 1 heterocycles. The molecule has 0 aromatic heterocycles. The van der Waals surface area contributed by atoms with Gasteiger partial charge in [0.2, 0.25) is 5.91 Å². The maximum absolute atomic E-state index is 14.0. The van der Waals surface area contributed by atoms with Crippen molar-refractivity contribution in [3.63, 3.8) is 0 Å². The van der Waals surface area contributed by atoms with Crippen molar-refractivity contribution >= 4 is 35.3 Å². The lowest BCUT2D eigenvalue weighted by Crippen LogP contribution is -2.52. The van der Waals surface area contributed by atoms with Gasteiger partial charge in [0, 0.05) is 42.2 Å². The molecule has 0 spiro atoms. The predicted molar refractivity (Wildman–Crippen MR) is 178 cm³/mol. The molecule has 11 heteroatoms. The van der Waals surface area contributed by atoms with E-state index in [-0.39, 0.29) is 37.4 Å². The fourth-order valence-corrected chi connectivity index (χ4v) is 6.16. The number of anilines is 1. The van der Waals surface area contributed by atoms with Gasteiger partial charge in [-0.3, -0.25) is 9.59 Å². The lowest BCUT2D eigenvalue weighted by Gasteiger charge is -2.29. The lowest BCUT2D eigenvalue weighted by molar-refractivity contribution is -0.127. The minimum Gasteiger partial charge on any atom is -0.395 e. The topological polar surface area (TPSA) is 143 Å². The summed E-state index contributed by atoms with van der Waals surface area (Å²) in [5.41, 5.74) is 4.09. The number of aliphatic hydroxyl groups is 2. The molecule has 3 aromatic carbocycles. The zero-order valence-corrected chi connectivity index (χ0v) is 26.8. The molecule has 45 heavy (non-hydrogen) atoms. The summed E-state index contributed by atoms with van der Waals surface area (Å²) in [5.74, 6) is 0.0170. The number of thioether (sulfide) groups is 1. The molecule has 240 valence electrons. The smallest absolute Gasteiger partial charge is 0.315 e. The quantitative estimate of drug-likeness (QED) is 0.169. The van der Waals surface area contributed by atoms with Crippen LogP contribution in [0.1, 0.15) is 38.3 Å². The number of carbonyl (C=O) groups excluding carboxylic acids is 3. The van der Waals surface area contributed by atoms with Crippen LogP contribution in [0.5, 0.6) is 0 Å². The Hall–Kier alpha value is -3.90. The predicted octanol–water partition coefficient (Wildman–Crippen LogP) is 3.41. The molecule has 2 atom stereocenters. The molecule has 1 aliphatic heterocycles. The van der Waals surface area contributed by atoms with Crippen molar-refractivity contribution in [3.8, 4) is 11.1 Å². The highest BCUT2D eigenvalue weighted by molar-refractivity contribution is 7.99. The molecule has 4 rings (SSSR count). The van der Waals surface area contributed by atoms with Crippen molar-refractivity contribution in [2.24, 2.45) is 0 Å². The number of para-hydroxylation sites is 1. The van der Waals surface area contributed by atoms with E-state index in [1.165, 1.54) is 0 Å². The average Bonchev–Trinajstić information content (AvgIpc) is 3.14. The van der Waals surface area contributed by atoms with Crippen molar-refractivity contribution in [2.45, 2.75) is 62.9 Å². The molecule has 6 N–H and O–H groups in total. The highest BCUT2D eigenvalue weighted by atomic mass is 32.2. The Morgan fingerprint density at radius 1 is 1.02 bits per heavy atom. The molecule has 3 aromatic rings. The molecule has 0 aliphatic carbocycles. The Kier molecular flexibility index (Phi) is 12.0. The van der Waals surface area contributed by atoms with Crippen LogP contribution in [-0.4, -0.2) is 71.2 Å². The molecule has 10 nitrogen and oxygen atoms in total. The molecule has 0 saturated carbocycles. The fraction of sp³-hybridized carbons (Fsp3) is 0.382. The van der Waals surface area contributed by atoms with Crippen molar-refractivity contribution < 1.29 is 24.6 Å². The van der Waals surface area contributed by atoms with Crippen LogP contribution in [0.3, 0.4) is 0 Å². The van der Waals surface area contributed by atoms with E-state index in [1.807, 2.05) is 86.6 Å². The molecule has 0 fully saturated rings. The Bertz CT molecular complexity index is 1460. The van der Waals surface area contributed by atoms with Gasteiger partial charge < -0.3 is 36.4 Å². The van der Waals surface area contributed by atoms with E-state index in [4.69, 9.17) is 5.11 Å². The number of hydrogen-bond acceptors (Lipinski definition) is 7. The summed E-state index contributed by atoms with van der Waals surface area (Å²) in [6, 6.07) is 22.5. The SMILES string of the molecule is C[C@@H](O)CNC(C)(C)CC(=O)N[C@@H]1CSc2ccccc2N(Cc2ccc(-c3ccccc3CNC(=O)NCCO)cc2)C1=O. The van der Waals surface area contributed by atoms with E-state index in [9.17, 15) is 19.5 Å². The van der Waals surface area contributed by atoms with Crippen LogP contribution in [0.2, 0.25) is 0 Å². The molecule has 0 bridgehead atoms. The summed E-state index contributed by atoms with van der Waals surface area (Å²) in [4.78, 5) is 41.7. The molecular formula is C34H43N5O5S. The van der Waals surface area contributed by atoms with Gasteiger partial charge in [0.25, 0.3) is 5.91 Å². The summed E-state index contributed by atoms with van der Waals surface area (Å²) < 4.78 is 0. The molecular weight excluding hydrogens is 590 g/mol. The zero-order valence-electron chi connectivity index (χ0n) is 26.0. The first-order valence-corrected chi connectivity index (χ1v) is 16.1. The first-order valence-electron chi connectivity index (χ1n) is 15.1. The van der Waals surface area contributed by atoms with E-state index in [0.717, 1.165) is 32.8 Å².